The number of hydrogen-bond donors (Lipinski definition) is 0. The first-order valence-corrected chi connectivity index (χ1v) is 8.58. The summed E-state index contributed by atoms with van der Waals surface area (Å²) >= 11 is 0. The zero-order valence-corrected chi connectivity index (χ0v) is 14.8. The molecule has 4 rings (SSSR count). The van der Waals surface area contributed by atoms with E-state index in [1.807, 2.05) is 71.4 Å². The Morgan fingerprint density at radius 3 is 2.67 bits per heavy atom. The van der Waals surface area contributed by atoms with Crippen LogP contribution in [0.5, 0.6) is 5.75 Å². The number of rotatable bonds is 5. The van der Waals surface area contributed by atoms with Crippen LogP contribution in [0.3, 0.4) is 0 Å². The summed E-state index contributed by atoms with van der Waals surface area (Å²) in [7, 11) is 1.35. The summed E-state index contributed by atoms with van der Waals surface area (Å²) in [4.78, 5) is 16.1. The predicted molar refractivity (Wildman–Crippen MR) is 103 cm³/mol. The molecule has 0 spiro atoms. The predicted octanol–water partition coefficient (Wildman–Crippen LogP) is 4.39. The molecule has 5 heteroatoms. The van der Waals surface area contributed by atoms with Crippen LogP contribution in [0.15, 0.2) is 79.0 Å². The molecule has 0 aliphatic rings. The van der Waals surface area contributed by atoms with E-state index < -0.39 is 5.97 Å². The average Bonchev–Trinajstić information content (AvgIpc) is 3.16. The van der Waals surface area contributed by atoms with Crippen molar-refractivity contribution in [2.24, 2.45) is 0 Å². The third-order valence-corrected chi connectivity index (χ3v) is 4.29. The first kappa shape index (κ1) is 16.8. The van der Waals surface area contributed by atoms with Crippen LogP contribution in [-0.2, 0) is 11.3 Å². The van der Waals surface area contributed by atoms with Crippen LogP contribution in [0.25, 0.3) is 16.7 Å². The van der Waals surface area contributed by atoms with Gasteiger partial charge in [0, 0.05) is 11.6 Å². The average molecular weight is 358 g/mol. The fraction of sp³-hybridized carbons (Fsp3) is 0.0909. The number of carbonyl (C=O) groups excluding carboxylic acids is 1. The fourth-order valence-electron chi connectivity index (χ4n) is 2.93. The van der Waals surface area contributed by atoms with Gasteiger partial charge in [-0.2, -0.15) is 0 Å². The van der Waals surface area contributed by atoms with E-state index in [-0.39, 0.29) is 5.69 Å². The Morgan fingerprint density at radius 1 is 1.00 bits per heavy atom. The van der Waals surface area contributed by atoms with Gasteiger partial charge >= 0.3 is 5.97 Å². The first-order chi connectivity index (χ1) is 13.2. The van der Waals surface area contributed by atoms with Crippen molar-refractivity contribution in [2.75, 3.05) is 7.11 Å². The monoisotopic (exact) mass is 358 g/mol. The molecule has 0 unspecified atom stereocenters. The van der Waals surface area contributed by atoms with Crippen molar-refractivity contribution in [3.63, 3.8) is 0 Å². The lowest BCUT2D eigenvalue weighted by molar-refractivity contribution is 0.0594. The first-order valence-electron chi connectivity index (χ1n) is 8.58. The lowest BCUT2D eigenvalue weighted by Gasteiger charge is -2.08. The number of carbonyl (C=O) groups is 1. The molecule has 0 aliphatic carbocycles. The van der Waals surface area contributed by atoms with Crippen LogP contribution in [0.4, 0.5) is 0 Å². The van der Waals surface area contributed by atoms with Gasteiger partial charge < -0.3 is 14.0 Å². The largest absolute Gasteiger partial charge is 0.489 e. The minimum absolute atomic E-state index is 0.277. The molecular formula is C22H18N2O3. The van der Waals surface area contributed by atoms with E-state index in [1.165, 1.54) is 7.11 Å². The van der Waals surface area contributed by atoms with Crippen LogP contribution >= 0.6 is 0 Å². The normalized spacial score (nSPS) is 10.7. The van der Waals surface area contributed by atoms with Gasteiger partial charge in [0.05, 0.1) is 12.6 Å². The molecule has 0 bridgehead atoms. The van der Waals surface area contributed by atoms with Gasteiger partial charge in [0.1, 0.15) is 18.2 Å². The second kappa shape index (κ2) is 7.33. The fourth-order valence-corrected chi connectivity index (χ4v) is 2.93. The summed E-state index contributed by atoms with van der Waals surface area (Å²) in [6.07, 6.45) is 1.93. The lowest BCUT2D eigenvalue weighted by atomic mass is 10.2. The molecule has 0 amide bonds. The molecule has 0 N–H and O–H groups in total. The lowest BCUT2D eigenvalue weighted by Crippen LogP contribution is -2.06. The Balaban J connectivity index is 1.60. The summed E-state index contributed by atoms with van der Waals surface area (Å²) in [6, 6.07) is 23.3. The van der Waals surface area contributed by atoms with E-state index in [1.54, 1.807) is 12.1 Å². The molecule has 2 aromatic carbocycles. The molecule has 134 valence electrons. The number of benzene rings is 2. The number of fused-ring (bicyclic) bond motifs is 1. The highest BCUT2D eigenvalue weighted by Gasteiger charge is 2.10. The highest BCUT2D eigenvalue weighted by Crippen LogP contribution is 2.25. The number of nitrogens with zero attached hydrogens (tertiary/aromatic N) is 2. The number of ether oxygens (including phenoxy) is 2. The van der Waals surface area contributed by atoms with E-state index in [0.717, 1.165) is 22.2 Å². The molecular weight excluding hydrogens is 340 g/mol. The van der Waals surface area contributed by atoms with E-state index in [0.29, 0.717) is 12.4 Å². The molecule has 2 heterocycles. The standard InChI is InChI=1S/C22H18N2O3/c1-26-22(25)19-8-5-9-21(23-19)24-13-12-17-14-18(10-11-20(17)24)27-15-16-6-3-2-4-7-16/h2-14H,15H2,1H3. The Kier molecular flexibility index (Phi) is 4.58. The molecule has 0 fully saturated rings. The number of methoxy groups -OCH3 is 1. The zero-order valence-electron chi connectivity index (χ0n) is 14.8. The zero-order chi connectivity index (χ0) is 18.6. The smallest absolute Gasteiger partial charge is 0.356 e. The maximum atomic E-state index is 11.7. The van der Waals surface area contributed by atoms with Gasteiger partial charge in [-0.3, -0.25) is 0 Å². The van der Waals surface area contributed by atoms with E-state index in [9.17, 15) is 4.79 Å². The van der Waals surface area contributed by atoms with Crippen molar-refractivity contribution in [2.45, 2.75) is 6.61 Å². The molecule has 2 aromatic heterocycles. The highest BCUT2D eigenvalue weighted by atomic mass is 16.5. The summed E-state index contributed by atoms with van der Waals surface area (Å²) in [6.45, 7) is 0.524. The van der Waals surface area contributed by atoms with Crippen LogP contribution < -0.4 is 4.74 Å². The summed E-state index contributed by atoms with van der Waals surface area (Å²) in [5.41, 5.74) is 2.38. The number of aromatic nitrogens is 2. The Morgan fingerprint density at radius 2 is 1.85 bits per heavy atom. The van der Waals surface area contributed by atoms with Gasteiger partial charge in [0.15, 0.2) is 5.69 Å². The molecule has 0 aliphatic heterocycles. The second-order valence-electron chi connectivity index (χ2n) is 6.05. The summed E-state index contributed by atoms with van der Waals surface area (Å²) in [5, 5.41) is 1.03. The van der Waals surface area contributed by atoms with Gasteiger partial charge in [-0.25, -0.2) is 9.78 Å². The molecule has 0 radical (unpaired) electrons. The van der Waals surface area contributed by atoms with Gasteiger partial charge in [-0.05, 0) is 42.0 Å². The maximum Gasteiger partial charge on any atom is 0.356 e. The Bertz CT molecular complexity index is 1090. The van der Waals surface area contributed by atoms with Gasteiger partial charge in [-0.1, -0.05) is 36.4 Å². The minimum Gasteiger partial charge on any atom is -0.489 e. The highest BCUT2D eigenvalue weighted by molar-refractivity contribution is 5.87. The second-order valence-corrected chi connectivity index (χ2v) is 6.05. The minimum atomic E-state index is -0.454. The summed E-state index contributed by atoms with van der Waals surface area (Å²) < 4.78 is 12.6. The Hall–Kier alpha value is -3.60. The summed E-state index contributed by atoms with van der Waals surface area (Å²) in [5.74, 6) is 1.01. The molecule has 0 saturated carbocycles. The van der Waals surface area contributed by atoms with Crippen LogP contribution in [0, 0.1) is 0 Å². The topological polar surface area (TPSA) is 53.4 Å². The van der Waals surface area contributed by atoms with Crippen molar-refractivity contribution >= 4 is 16.9 Å². The van der Waals surface area contributed by atoms with Crippen LogP contribution in [0.1, 0.15) is 16.1 Å². The van der Waals surface area contributed by atoms with E-state index in [4.69, 9.17) is 9.47 Å². The third kappa shape index (κ3) is 3.53. The van der Waals surface area contributed by atoms with Crippen molar-refractivity contribution in [1.29, 1.82) is 0 Å². The van der Waals surface area contributed by atoms with Crippen molar-refractivity contribution < 1.29 is 14.3 Å². The van der Waals surface area contributed by atoms with Crippen LogP contribution in [-0.4, -0.2) is 22.6 Å². The SMILES string of the molecule is COC(=O)c1cccc(-n2ccc3cc(OCc4ccccc4)ccc32)n1. The van der Waals surface area contributed by atoms with Crippen LogP contribution in [0.2, 0.25) is 0 Å². The molecule has 0 atom stereocenters. The quantitative estimate of drug-likeness (QED) is 0.497. The molecule has 4 aromatic rings. The van der Waals surface area contributed by atoms with Gasteiger partial charge in [-0.15, -0.1) is 0 Å². The number of pyridine rings is 1. The maximum absolute atomic E-state index is 11.7. The molecule has 27 heavy (non-hydrogen) atoms. The van der Waals surface area contributed by atoms with Crippen molar-refractivity contribution in [3.8, 4) is 11.6 Å². The third-order valence-electron chi connectivity index (χ3n) is 4.29. The number of hydrogen-bond acceptors (Lipinski definition) is 4. The van der Waals surface area contributed by atoms with E-state index in [2.05, 4.69) is 4.98 Å². The molecule has 5 nitrogen and oxygen atoms in total. The number of esters is 1. The van der Waals surface area contributed by atoms with Crippen molar-refractivity contribution in [3.05, 3.63) is 90.3 Å². The molecule has 0 saturated heterocycles. The van der Waals surface area contributed by atoms with E-state index >= 15 is 0 Å². The van der Waals surface area contributed by atoms with Gasteiger partial charge in [0.25, 0.3) is 0 Å². The Labute approximate surface area is 156 Å². The van der Waals surface area contributed by atoms with Crippen molar-refractivity contribution in [1.82, 2.24) is 9.55 Å². The van der Waals surface area contributed by atoms with Gasteiger partial charge in [0.2, 0.25) is 0 Å².